The monoisotopic (exact) mass is 289 g/mol. The average Bonchev–Trinajstić information content (AvgIpc) is 2.86. The molecule has 0 aliphatic rings. The van der Waals surface area contributed by atoms with Crippen molar-refractivity contribution < 1.29 is 4.79 Å². The number of benzene rings is 1. The molecule has 106 valence electrons. The fourth-order valence-corrected chi connectivity index (χ4v) is 2.48. The molecule has 0 aliphatic carbocycles. The fraction of sp³-hybridized carbons (Fsp3) is 0.400. The lowest BCUT2D eigenvalue weighted by molar-refractivity contribution is -0.116. The maximum absolute atomic E-state index is 11.9. The van der Waals surface area contributed by atoms with Crippen LogP contribution in [0, 0.1) is 0 Å². The number of nitrogens with zero attached hydrogens (tertiary/aromatic N) is 2. The molecule has 1 aromatic carbocycles. The predicted molar refractivity (Wildman–Crippen MR) is 82.0 cm³/mol. The van der Waals surface area contributed by atoms with Crippen LogP contribution in [0.4, 0.5) is 5.13 Å². The highest BCUT2D eigenvalue weighted by atomic mass is 32.1. The van der Waals surface area contributed by atoms with Crippen LogP contribution < -0.4 is 5.32 Å². The first-order valence-corrected chi connectivity index (χ1v) is 7.44. The van der Waals surface area contributed by atoms with E-state index in [2.05, 4.69) is 36.3 Å². The number of amides is 1. The molecule has 0 atom stereocenters. The lowest BCUT2D eigenvalue weighted by atomic mass is 9.98. The van der Waals surface area contributed by atoms with Crippen molar-refractivity contribution in [2.45, 2.75) is 39.0 Å². The molecule has 0 radical (unpaired) electrons. The zero-order valence-electron chi connectivity index (χ0n) is 12.0. The van der Waals surface area contributed by atoms with Gasteiger partial charge in [-0.3, -0.25) is 4.79 Å². The lowest BCUT2D eigenvalue weighted by Gasteiger charge is -2.12. The molecule has 1 heterocycles. The molecule has 4 nitrogen and oxygen atoms in total. The summed E-state index contributed by atoms with van der Waals surface area (Å²) in [6.45, 7) is 6.23. The van der Waals surface area contributed by atoms with Crippen LogP contribution in [-0.2, 0) is 16.6 Å². The SMILES string of the molecule is CC(C)(C)c1nnc(NC(=O)CCc2ccccc2)s1. The van der Waals surface area contributed by atoms with Gasteiger partial charge < -0.3 is 5.32 Å². The number of aryl methyl sites for hydroxylation is 1. The minimum Gasteiger partial charge on any atom is -0.301 e. The van der Waals surface area contributed by atoms with Crippen molar-refractivity contribution in [2.75, 3.05) is 5.32 Å². The van der Waals surface area contributed by atoms with E-state index in [1.807, 2.05) is 30.3 Å². The van der Waals surface area contributed by atoms with Crippen LogP contribution in [0.25, 0.3) is 0 Å². The second-order valence-corrected chi connectivity index (χ2v) is 6.67. The first-order chi connectivity index (χ1) is 9.45. The molecular weight excluding hydrogens is 270 g/mol. The number of hydrogen-bond acceptors (Lipinski definition) is 4. The van der Waals surface area contributed by atoms with Gasteiger partial charge in [-0.25, -0.2) is 0 Å². The Labute approximate surface area is 123 Å². The third kappa shape index (κ3) is 4.13. The summed E-state index contributed by atoms with van der Waals surface area (Å²) < 4.78 is 0. The number of hydrogen-bond donors (Lipinski definition) is 1. The van der Waals surface area contributed by atoms with E-state index in [4.69, 9.17) is 0 Å². The molecule has 0 aliphatic heterocycles. The van der Waals surface area contributed by atoms with Crippen LogP contribution in [0.15, 0.2) is 30.3 Å². The van der Waals surface area contributed by atoms with Crippen molar-refractivity contribution >= 4 is 22.4 Å². The van der Waals surface area contributed by atoms with Crippen molar-refractivity contribution in [1.29, 1.82) is 0 Å². The molecule has 0 saturated heterocycles. The van der Waals surface area contributed by atoms with E-state index in [1.165, 1.54) is 11.3 Å². The molecule has 0 unspecified atom stereocenters. The van der Waals surface area contributed by atoms with Crippen LogP contribution >= 0.6 is 11.3 Å². The van der Waals surface area contributed by atoms with Gasteiger partial charge in [0.05, 0.1) is 0 Å². The predicted octanol–water partition coefficient (Wildman–Crippen LogP) is 3.41. The van der Waals surface area contributed by atoms with Gasteiger partial charge in [-0.1, -0.05) is 62.4 Å². The van der Waals surface area contributed by atoms with Gasteiger partial charge in [-0.05, 0) is 12.0 Å². The summed E-state index contributed by atoms with van der Waals surface area (Å²) in [6, 6.07) is 9.98. The standard InChI is InChI=1S/C15H19N3OS/c1-15(2,3)13-17-18-14(20-13)16-12(19)10-9-11-7-5-4-6-8-11/h4-8H,9-10H2,1-3H3,(H,16,18,19). The third-order valence-corrected chi connectivity index (χ3v) is 4.06. The van der Waals surface area contributed by atoms with Crippen molar-refractivity contribution in [1.82, 2.24) is 10.2 Å². The van der Waals surface area contributed by atoms with Gasteiger partial charge in [0.15, 0.2) is 0 Å². The fourth-order valence-electron chi connectivity index (χ4n) is 1.66. The second-order valence-electron chi connectivity index (χ2n) is 5.70. The average molecular weight is 289 g/mol. The Bertz CT molecular complexity index is 572. The molecule has 1 amide bonds. The molecular formula is C15H19N3OS. The highest BCUT2D eigenvalue weighted by molar-refractivity contribution is 7.15. The zero-order chi connectivity index (χ0) is 14.6. The Kier molecular flexibility index (Phi) is 4.49. The number of aromatic nitrogens is 2. The van der Waals surface area contributed by atoms with E-state index in [9.17, 15) is 4.79 Å². The molecule has 0 bridgehead atoms. The zero-order valence-corrected chi connectivity index (χ0v) is 12.8. The number of carbonyl (C=O) groups is 1. The van der Waals surface area contributed by atoms with E-state index < -0.39 is 0 Å². The summed E-state index contributed by atoms with van der Waals surface area (Å²) in [5, 5.41) is 12.4. The smallest absolute Gasteiger partial charge is 0.226 e. The van der Waals surface area contributed by atoms with Gasteiger partial charge in [0, 0.05) is 11.8 Å². The van der Waals surface area contributed by atoms with Crippen molar-refractivity contribution in [3.63, 3.8) is 0 Å². The van der Waals surface area contributed by atoms with Crippen LogP contribution in [0.5, 0.6) is 0 Å². The molecule has 0 spiro atoms. The molecule has 0 saturated carbocycles. The van der Waals surface area contributed by atoms with Crippen molar-refractivity contribution in [3.8, 4) is 0 Å². The first-order valence-electron chi connectivity index (χ1n) is 6.63. The third-order valence-electron chi connectivity index (χ3n) is 2.80. The molecule has 20 heavy (non-hydrogen) atoms. The van der Waals surface area contributed by atoms with Crippen LogP contribution in [0.2, 0.25) is 0 Å². The summed E-state index contributed by atoms with van der Waals surface area (Å²) >= 11 is 1.44. The Morgan fingerprint density at radius 3 is 2.50 bits per heavy atom. The van der Waals surface area contributed by atoms with Crippen LogP contribution in [0.1, 0.15) is 37.8 Å². The maximum atomic E-state index is 11.9. The molecule has 2 aromatic rings. The Morgan fingerprint density at radius 1 is 1.20 bits per heavy atom. The van der Waals surface area contributed by atoms with E-state index in [-0.39, 0.29) is 11.3 Å². The quantitative estimate of drug-likeness (QED) is 0.938. The molecule has 1 N–H and O–H groups in total. The van der Waals surface area contributed by atoms with Gasteiger partial charge >= 0.3 is 0 Å². The Morgan fingerprint density at radius 2 is 1.90 bits per heavy atom. The van der Waals surface area contributed by atoms with E-state index in [1.54, 1.807) is 0 Å². The van der Waals surface area contributed by atoms with Crippen LogP contribution in [0.3, 0.4) is 0 Å². The van der Waals surface area contributed by atoms with Crippen molar-refractivity contribution in [3.05, 3.63) is 40.9 Å². The molecule has 5 heteroatoms. The van der Waals surface area contributed by atoms with E-state index in [0.29, 0.717) is 11.6 Å². The highest BCUT2D eigenvalue weighted by Gasteiger charge is 2.19. The number of anilines is 1. The summed E-state index contributed by atoms with van der Waals surface area (Å²) in [6.07, 6.45) is 1.19. The summed E-state index contributed by atoms with van der Waals surface area (Å²) in [5.74, 6) is -0.0227. The minimum absolute atomic E-state index is 0.0227. The summed E-state index contributed by atoms with van der Waals surface area (Å²) in [7, 11) is 0. The Hall–Kier alpha value is -1.75. The Balaban J connectivity index is 1.87. The normalized spacial score (nSPS) is 11.3. The summed E-state index contributed by atoms with van der Waals surface area (Å²) in [5.41, 5.74) is 1.13. The van der Waals surface area contributed by atoms with Crippen LogP contribution in [-0.4, -0.2) is 16.1 Å². The number of nitrogens with one attached hydrogen (secondary N) is 1. The largest absolute Gasteiger partial charge is 0.301 e. The number of carbonyl (C=O) groups excluding carboxylic acids is 1. The van der Waals surface area contributed by atoms with Gasteiger partial charge in [0.25, 0.3) is 0 Å². The topological polar surface area (TPSA) is 54.9 Å². The van der Waals surface area contributed by atoms with E-state index >= 15 is 0 Å². The first kappa shape index (κ1) is 14.7. The second kappa shape index (κ2) is 6.13. The van der Waals surface area contributed by atoms with E-state index in [0.717, 1.165) is 17.0 Å². The maximum Gasteiger partial charge on any atom is 0.226 e. The summed E-state index contributed by atoms with van der Waals surface area (Å²) in [4.78, 5) is 11.9. The highest BCUT2D eigenvalue weighted by Crippen LogP contribution is 2.27. The van der Waals surface area contributed by atoms with Gasteiger partial charge in [-0.15, -0.1) is 10.2 Å². The molecule has 2 rings (SSSR count). The van der Waals surface area contributed by atoms with Gasteiger partial charge in [-0.2, -0.15) is 0 Å². The lowest BCUT2D eigenvalue weighted by Crippen LogP contribution is -2.12. The number of rotatable bonds is 4. The van der Waals surface area contributed by atoms with Gasteiger partial charge in [0.2, 0.25) is 11.0 Å². The molecule has 1 aromatic heterocycles. The minimum atomic E-state index is -0.0370. The van der Waals surface area contributed by atoms with Crippen molar-refractivity contribution in [2.24, 2.45) is 0 Å². The van der Waals surface area contributed by atoms with Gasteiger partial charge in [0.1, 0.15) is 5.01 Å². The molecule has 0 fully saturated rings.